The molecule has 0 saturated heterocycles. The summed E-state index contributed by atoms with van der Waals surface area (Å²) in [5, 5.41) is 6.41. The summed E-state index contributed by atoms with van der Waals surface area (Å²) in [7, 11) is 0. The van der Waals surface area contributed by atoms with E-state index in [1.54, 1.807) is 12.4 Å². The Morgan fingerprint density at radius 3 is 2.50 bits per heavy atom. The molecule has 0 bridgehead atoms. The van der Waals surface area contributed by atoms with Crippen molar-refractivity contribution in [1.29, 1.82) is 0 Å². The molecule has 5 nitrogen and oxygen atoms in total. The second kappa shape index (κ2) is 8.70. The third-order valence-electron chi connectivity index (χ3n) is 4.46. The number of carbonyl (C=O) groups is 1. The molecule has 2 N–H and O–H groups in total. The lowest BCUT2D eigenvalue weighted by molar-refractivity contribution is 0.0927. The molecule has 1 aromatic heterocycles. The molecule has 138 valence electrons. The Kier molecular flexibility index (Phi) is 6.10. The first-order valence-electron chi connectivity index (χ1n) is 9.40. The SMILES string of the molecule is CC(C)Oc1ccc(Nc2cncc(C(=O)NC3CCCCC3)c2)cc1. The Bertz CT molecular complexity index is 722. The molecule has 1 aromatic carbocycles. The second-order valence-electron chi connectivity index (χ2n) is 7.09. The minimum absolute atomic E-state index is 0.0475. The van der Waals surface area contributed by atoms with Gasteiger partial charge in [-0.05, 0) is 57.0 Å². The molecule has 0 spiro atoms. The van der Waals surface area contributed by atoms with Crippen molar-refractivity contribution in [3.05, 3.63) is 48.3 Å². The van der Waals surface area contributed by atoms with Crippen LogP contribution >= 0.6 is 0 Å². The number of rotatable bonds is 6. The molecular formula is C21H27N3O2. The summed E-state index contributed by atoms with van der Waals surface area (Å²) in [4.78, 5) is 16.7. The van der Waals surface area contributed by atoms with E-state index in [2.05, 4.69) is 15.6 Å². The molecule has 1 aliphatic rings. The number of amides is 1. The van der Waals surface area contributed by atoms with Gasteiger partial charge in [0.1, 0.15) is 5.75 Å². The highest BCUT2D eigenvalue weighted by Gasteiger charge is 2.17. The molecule has 1 aliphatic carbocycles. The summed E-state index contributed by atoms with van der Waals surface area (Å²) in [6.07, 6.45) is 9.29. The van der Waals surface area contributed by atoms with Gasteiger partial charge in [-0.1, -0.05) is 19.3 Å². The third-order valence-corrected chi connectivity index (χ3v) is 4.46. The first-order chi connectivity index (χ1) is 12.6. The van der Waals surface area contributed by atoms with E-state index in [4.69, 9.17) is 4.74 Å². The van der Waals surface area contributed by atoms with Gasteiger partial charge in [-0.25, -0.2) is 0 Å². The zero-order chi connectivity index (χ0) is 18.4. The van der Waals surface area contributed by atoms with E-state index in [-0.39, 0.29) is 12.0 Å². The van der Waals surface area contributed by atoms with Crippen LogP contribution in [0.1, 0.15) is 56.3 Å². The van der Waals surface area contributed by atoms with Crippen LogP contribution in [0.3, 0.4) is 0 Å². The molecule has 0 aliphatic heterocycles. The summed E-state index contributed by atoms with van der Waals surface area (Å²) < 4.78 is 5.65. The summed E-state index contributed by atoms with van der Waals surface area (Å²) >= 11 is 0. The number of carbonyl (C=O) groups excluding carboxylic acids is 1. The van der Waals surface area contributed by atoms with Crippen LogP contribution < -0.4 is 15.4 Å². The molecule has 0 radical (unpaired) electrons. The fourth-order valence-corrected chi connectivity index (χ4v) is 3.20. The predicted octanol–water partition coefficient (Wildman–Crippen LogP) is 4.67. The predicted molar refractivity (Wildman–Crippen MR) is 104 cm³/mol. The second-order valence-corrected chi connectivity index (χ2v) is 7.09. The molecule has 5 heteroatoms. The average molecular weight is 353 g/mol. The van der Waals surface area contributed by atoms with Gasteiger partial charge in [0.05, 0.1) is 23.6 Å². The van der Waals surface area contributed by atoms with Crippen molar-refractivity contribution >= 4 is 17.3 Å². The summed E-state index contributed by atoms with van der Waals surface area (Å²) in [5.41, 5.74) is 2.30. The Morgan fingerprint density at radius 1 is 1.08 bits per heavy atom. The smallest absolute Gasteiger partial charge is 0.253 e. The van der Waals surface area contributed by atoms with Gasteiger partial charge in [-0.3, -0.25) is 9.78 Å². The number of benzene rings is 1. The molecule has 3 rings (SSSR count). The standard InChI is InChI=1S/C21H27N3O2/c1-15(2)26-20-10-8-18(9-11-20)23-19-12-16(13-22-14-19)21(25)24-17-6-4-3-5-7-17/h8-15,17,23H,3-7H2,1-2H3,(H,24,25). The van der Waals surface area contributed by atoms with Crippen LogP contribution in [-0.4, -0.2) is 23.0 Å². The van der Waals surface area contributed by atoms with Crippen molar-refractivity contribution in [2.45, 2.75) is 58.1 Å². The van der Waals surface area contributed by atoms with Crippen LogP contribution in [0.15, 0.2) is 42.7 Å². The fraction of sp³-hybridized carbons (Fsp3) is 0.429. The number of nitrogens with one attached hydrogen (secondary N) is 2. The van der Waals surface area contributed by atoms with E-state index in [0.29, 0.717) is 11.6 Å². The fourth-order valence-electron chi connectivity index (χ4n) is 3.20. The molecule has 1 amide bonds. The van der Waals surface area contributed by atoms with E-state index in [1.807, 2.05) is 44.2 Å². The van der Waals surface area contributed by atoms with E-state index < -0.39 is 0 Å². The normalized spacial score (nSPS) is 14.9. The molecular weight excluding hydrogens is 326 g/mol. The number of nitrogens with zero attached hydrogens (tertiary/aromatic N) is 1. The van der Waals surface area contributed by atoms with E-state index in [0.717, 1.165) is 30.0 Å². The number of aromatic nitrogens is 1. The van der Waals surface area contributed by atoms with Gasteiger partial charge >= 0.3 is 0 Å². The van der Waals surface area contributed by atoms with Crippen molar-refractivity contribution in [1.82, 2.24) is 10.3 Å². The first-order valence-corrected chi connectivity index (χ1v) is 9.40. The van der Waals surface area contributed by atoms with Crippen LogP contribution in [0.25, 0.3) is 0 Å². The molecule has 0 unspecified atom stereocenters. The maximum atomic E-state index is 12.5. The van der Waals surface area contributed by atoms with Gasteiger partial charge in [0.2, 0.25) is 0 Å². The van der Waals surface area contributed by atoms with Crippen molar-refractivity contribution in [3.8, 4) is 5.75 Å². The van der Waals surface area contributed by atoms with Gasteiger partial charge in [0.15, 0.2) is 0 Å². The van der Waals surface area contributed by atoms with Crippen LogP contribution in [0, 0.1) is 0 Å². The molecule has 1 heterocycles. The molecule has 2 aromatic rings. The maximum Gasteiger partial charge on any atom is 0.253 e. The Balaban J connectivity index is 1.62. The third kappa shape index (κ3) is 5.22. The highest BCUT2D eigenvalue weighted by molar-refractivity contribution is 5.95. The van der Waals surface area contributed by atoms with Gasteiger partial charge in [0.25, 0.3) is 5.91 Å². The zero-order valence-corrected chi connectivity index (χ0v) is 15.5. The van der Waals surface area contributed by atoms with E-state index in [9.17, 15) is 4.79 Å². The maximum absolute atomic E-state index is 12.5. The summed E-state index contributed by atoms with van der Waals surface area (Å²) in [6.45, 7) is 4.00. The Morgan fingerprint density at radius 2 is 1.81 bits per heavy atom. The van der Waals surface area contributed by atoms with Gasteiger partial charge < -0.3 is 15.4 Å². The number of anilines is 2. The summed E-state index contributed by atoms with van der Waals surface area (Å²) in [6, 6.07) is 9.88. The minimum Gasteiger partial charge on any atom is -0.491 e. The Hall–Kier alpha value is -2.56. The number of hydrogen-bond donors (Lipinski definition) is 2. The van der Waals surface area contributed by atoms with E-state index in [1.165, 1.54) is 19.3 Å². The van der Waals surface area contributed by atoms with Crippen molar-refractivity contribution in [2.75, 3.05) is 5.32 Å². The van der Waals surface area contributed by atoms with Crippen molar-refractivity contribution in [3.63, 3.8) is 0 Å². The lowest BCUT2D eigenvalue weighted by Crippen LogP contribution is -2.36. The quantitative estimate of drug-likeness (QED) is 0.792. The van der Waals surface area contributed by atoms with Crippen LogP contribution in [-0.2, 0) is 0 Å². The lowest BCUT2D eigenvalue weighted by Gasteiger charge is -2.22. The van der Waals surface area contributed by atoms with Gasteiger partial charge in [-0.2, -0.15) is 0 Å². The van der Waals surface area contributed by atoms with Crippen LogP contribution in [0.2, 0.25) is 0 Å². The monoisotopic (exact) mass is 353 g/mol. The zero-order valence-electron chi connectivity index (χ0n) is 15.5. The van der Waals surface area contributed by atoms with Gasteiger partial charge in [-0.15, -0.1) is 0 Å². The average Bonchev–Trinajstić information content (AvgIpc) is 2.64. The van der Waals surface area contributed by atoms with Crippen molar-refractivity contribution < 1.29 is 9.53 Å². The molecule has 26 heavy (non-hydrogen) atoms. The molecule has 1 saturated carbocycles. The molecule has 0 atom stereocenters. The topological polar surface area (TPSA) is 63.2 Å². The van der Waals surface area contributed by atoms with Crippen LogP contribution in [0.4, 0.5) is 11.4 Å². The number of hydrogen-bond acceptors (Lipinski definition) is 4. The summed E-state index contributed by atoms with van der Waals surface area (Å²) in [5.74, 6) is 0.790. The first kappa shape index (κ1) is 18.2. The largest absolute Gasteiger partial charge is 0.491 e. The Labute approximate surface area is 155 Å². The van der Waals surface area contributed by atoms with Crippen molar-refractivity contribution in [2.24, 2.45) is 0 Å². The highest BCUT2D eigenvalue weighted by Crippen LogP contribution is 2.22. The number of ether oxygens (including phenoxy) is 1. The van der Waals surface area contributed by atoms with Crippen LogP contribution in [0.5, 0.6) is 5.75 Å². The minimum atomic E-state index is -0.0475. The van der Waals surface area contributed by atoms with Gasteiger partial charge in [0, 0.05) is 17.9 Å². The highest BCUT2D eigenvalue weighted by atomic mass is 16.5. The van der Waals surface area contributed by atoms with E-state index >= 15 is 0 Å². The lowest BCUT2D eigenvalue weighted by atomic mass is 9.95. The number of pyridine rings is 1. The molecule has 1 fully saturated rings.